The Labute approximate surface area is 119 Å². The van der Waals surface area contributed by atoms with Crippen molar-refractivity contribution in [2.24, 2.45) is 5.73 Å². The average molecular weight is 283 g/mol. The Morgan fingerprint density at radius 3 is 2.85 bits per heavy atom. The zero-order chi connectivity index (χ0) is 14.7. The Kier molecular flexibility index (Phi) is 5.07. The van der Waals surface area contributed by atoms with Gasteiger partial charge in [0.25, 0.3) is 0 Å². The Morgan fingerprint density at radius 1 is 1.35 bits per heavy atom. The average Bonchev–Trinajstić information content (AvgIpc) is 2.54. The normalized spacial score (nSPS) is 23.6. The smallest absolute Gasteiger partial charge is 0.163 e. The second kappa shape index (κ2) is 6.61. The molecule has 1 fully saturated rings. The Bertz CT molecular complexity index is 453. The lowest BCUT2D eigenvalue weighted by atomic mass is 10.1. The minimum absolute atomic E-state index is 0.259. The molecule has 2 atom stereocenters. The minimum atomic E-state index is -0.832. The van der Waals surface area contributed by atoms with Crippen LogP contribution < -0.4 is 5.73 Å². The Balaban J connectivity index is 2.06. The van der Waals surface area contributed by atoms with Crippen molar-refractivity contribution in [2.45, 2.75) is 25.4 Å². The lowest BCUT2D eigenvalue weighted by Gasteiger charge is -2.30. The van der Waals surface area contributed by atoms with Gasteiger partial charge in [-0.05, 0) is 39.5 Å². The van der Waals surface area contributed by atoms with Gasteiger partial charge in [-0.3, -0.25) is 4.90 Å². The molecule has 0 aliphatic carbocycles. The summed E-state index contributed by atoms with van der Waals surface area (Å²) < 4.78 is 27.0. The zero-order valence-corrected chi connectivity index (χ0v) is 12.1. The fourth-order valence-electron chi connectivity index (χ4n) is 2.85. The lowest BCUT2D eigenvalue weighted by Crippen LogP contribution is -2.41. The number of hydrogen-bond donors (Lipinski definition) is 1. The van der Waals surface area contributed by atoms with Crippen LogP contribution in [-0.2, 0) is 0 Å². The summed E-state index contributed by atoms with van der Waals surface area (Å²) in [6.07, 6.45) is 1.07. The van der Waals surface area contributed by atoms with Crippen molar-refractivity contribution in [1.29, 1.82) is 0 Å². The van der Waals surface area contributed by atoms with E-state index in [2.05, 4.69) is 23.8 Å². The maximum Gasteiger partial charge on any atom is 0.163 e. The molecule has 0 spiro atoms. The van der Waals surface area contributed by atoms with Gasteiger partial charge in [-0.25, -0.2) is 8.78 Å². The van der Waals surface area contributed by atoms with Gasteiger partial charge < -0.3 is 10.6 Å². The highest BCUT2D eigenvalue weighted by atomic mass is 19.2. The van der Waals surface area contributed by atoms with Crippen LogP contribution in [0.2, 0.25) is 0 Å². The third kappa shape index (κ3) is 3.53. The molecule has 20 heavy (non-hydrogen) atoms. The summed E-state index contributed by atoms with van der Waals surface area (Å²) in [7, 11) is 2.10. The maximum atomic E-state index is 13.8. The monoisotopic (exact) mass is 283 g/mol. The summed E-state index contributed by atoms with van der Waals surface area (Å²) in [6.45, 7) is 5.67. The highest BCUT2D eigenvalue weighted by Gasteiger charge is 2.23. The summed E-state index contributed by atoms with van der Waals surface area (Å²) in [5.41, 5.74) is 6.34. The number of rotatable bonds is 3. The summed E-state index contributed by atoms with van der Waals surface area (Å²) >= 11 is 0. The van der Waals surface area contributed by atoms with Gasteiger partial charge in [0, 0.05) is 30.7 Å². The van der Waals surface area contributed by atoms with E-state index in [-0.39, 0.29) is 5.56 Å². The third-order valence-electron chi connectivity index (χ3n) is 4.00. The molecule has 0 radical (unpaired) electrons. The molecule has 0 bridgehead atoms. The quantitative estimate of drug-likeness (QED) is 0.921. The molecule has 5 heteroatoms. The highest BCUT2D eigenvalue weighted by Crippen LogP contribution is 2.20. The molecule has 0 saturated carbocycles. The largest absolute Gasteiger partial charge is 0.323 e. The summed E-state index contributed by atoms with van der Waals surface area (Å²) in [6, 6.07) is 4.06. The van der Waals surface area contributed by atoms with Gasteiger partial charge in [-0.1, -0.05) is 12.1 Å². The third-order valence-corrected chi connectivity index (χ3v) is 4.00. The molecule has 3 nitrogen and oxygen atoms in total. The zero-order valence-electron chi connectivity index (χ0n) is 12.1. The van der Waals surface area contributed by atoms with E-state index in [1.54, 1.807) is 6.07 Å². The fourth-order valence-corrected chi connectivity index (χ4v) is 2.85. The van der Waals surface area contributed by atoms with E-state index in [9.17, 15) is 8.78 Å². The van der Waals surface area contributed by atoms with Crippen LogP contribution in [0.1, 0.15) is 24.9 Å². The highest BCUT2D eigenvalue weighted by molar-refractivity contribution is 5.22. The Hall–Kier alpha value is -1.04. The molecule has 1 aliphatic heterocycles. The number of nitrogens with two attached hydrogens (primary N) is 1. The van der Waals surface area contributed by atoms with Crippen molar-refractivity contribution >= 4 is 0 Å². The summed E-state index contributed by atoms with van der Waals surface area (Å²) in [4.78, 5) is 4.55. The van der Waals surface area contributed by atoms with E-state index >= 15 is 0 Å². The van der Waals surface area contributed by atoms with Crippen LogP contribution in [0.15, 0.2) is 18.2 Å². The van der Waals surface area contributed by atoms with E-state index < -0.39 is 17.7 Å². The van der Waals surface area contributed by atoms with Crippen LogP contribution in [-0.4, -0.2) is 49.1 Å². The molecular formula is C15H23F2N3. The fraction of sp³-hybridized carbons (Fsp3) is 0.600. The van der Waals surface area contributed by atoms with Crippen molar-refractivity contribution in [3.8, 4) is 0 Å². The first-order chi connectivity index (χ1) is 9.49. The SMILES string of the molecule is CC1CN(C)CCCN1CC(N)c1cccc(F)c1F. The number of benzene rings is 1. The predicted octanol–water partition coefficient (Wildman–Crippen LogP) is 1.99. The Morgan fingerprint density at radius 2 is 2.10 bits per heavy atom. The molecule has 2 unspecified atom stereocenters. The van der Waals surface area contributed by atoms with E-state index in [4.69, 9.17) is 5.73 Å². The molecule has 0 amide bonds. The van der Waals surface area contributed by atoms with Crippen molar-refractivity contribution in [3.63, 3.8) is 0 Å². The van der Waals surface area contributed by atoms with Crippen LogP contribution in [0, 0.1) is 11.6 Å². The number of hydrogen-bond acceptors (Lipinski definition) is 3. The van der Waals surface area contributed by atoms with Crippen LogP contribution >= 0.6 is 0 Å². The lowest BCUT2D eigenvalue weighted by molar-refractivity contribution is 0.190. The van der Waals surface area contributed by atoms with E-state index in [0.29, 0.717) is 12.6 Å². The number of likely N-dealkylation sites (N-methyl/N-ethyl adjacent to an activating group) is 1. The molecule has 1 aliphatic rings. The number of halogens is 2. The molecule has 2 N–H and O–H groups in total. The summed E-state index contributed by atoms with van der Waals surface area (Å²) in [5, 5.41) is 0. The first-order valence-corrected chi connectivity index (χ1v) is 7.11. The van der Waals surface area contributed by atoms with Crippen LogP contribution in [0.5, 0.6) is 0 Å². The predicted molar refractivity (Wildman–Crippen MR) is 76.4 cm³/mol. The first kappa shape index (κ1) is 15.4. The molecule has 112 valence electrons. The van der Waals surface area contributed by atoms with Crippen LogP contribution in [0.3, 0.4) is 0 Å². The standard InChI is InChI=1S/C15H23F2N3/c1-11-9-19(2)7-4-8-20(11)10-14(18)12-5-3-6-13(16)15(12)17/h3,5-6,11,14H,4,7-10,18H2,1-2H3. The molecule has 1 saturated heterocycles. The second-order valence-corrected chi connectivity index (χ2v) is 5.71. The van der Waals surface area contributed by atoms with Gasteiger partial charge in [-0.2, -0.15) is 0 Å². The molecule has 0 aromatic heterocycles. The van der Waals surface area contributed by atoms with E-state index in [1.165, 1.54) is 6.07 Å². The number of nitrogens with zero attached hydrogens (tertiary/aromatic N) is 2. The topological polar surface area (TPSA) is 32.5 Å². The van der Waals surface area contributed by atoms with Gasteiger partial charge in [0.2, 0.25) is 0 Å². The minimum Gasteiger partial charge on any atom is -0.323 e. The van der Waals surface area contributed by atoms with Gasteiger partial charge in [0.15, 0.2) is 11.6 Å². The van der Waals surface area contributed by atoms with Gasteiger partial charge in [-0.15, -0.1) is 0 Å². The first-order valence-electron chi connectivity index (χ1n) is 7.11. The maximum absolute atomic E-state index is 13.8. The van der Waals surface area contributed by atoms with Crippen molar-refractivity contribution in [2.75, 3.05) is 33.2 Å². The second-order valence-electron chi connectivity index (χ2n) is 5.71. The molecule has 2 rings (SSSR count). The van der Waals surface area contributed by atoms with Crippen LogP contribution in [0.25, 0.3) is 0 Å². The van der Waals surface area contributed by atoms with Gasteiger partial charge in [0.05, 0.1) is 0 Å². The van der Waals surface area contributed by atoms with Crippen molar-refractivity contribution < 1.29 is 8.78 Å². The van der Waals surface area contributed by atoms with Gasteiger partial charge >= 0.3 is 0 Å². The van der Waals surface area contributed by atoms with Crippen molar-refractivity contribution in [3.05, 3.63) is 35.4 Å². The van der Waals surface area contributed by atoms with E-state index in [1.807, 2.05) is 0 Å². The molecule has 1 aromatic rings. The molecular weight excluding hydrogens is 260 g/mol. The molecule has 1 aromatic carbocycles. The van der Waals surface area contributed by atoms with Gasteiger partial charge in [0.1, 0.15) is 0 Å². The van der Waals surface area contributed by atoms with E-state index in [0.717, 1.165) is 32.1 Å². The summed E-state index contributed by atoms with van der Waals surface area (Å²) in [5.74, 6) is -1.65. The van der Waals surface area contributed by atoms with Crippen molar-refractivity contribution in [1.82, 2.24) is 9.80 Å². The van der Waals surface area contributed by atoms with Crippen LogP contribution in [0.4, 0.5) is 8.78 Å². The molecule has 1 heterocycles.